The van der Waals surface area contributed by atoms with Gasteiger partial charge in [0.15, 0.2) is 0 Å². The second-order valence-corrected chi connectivity index (χ2v) is 10.3. The van der Waals surface area contributed by atoms with Crippen LogP contribution < -0.4 is 9.60 Å². The van der Waals surface area contributed by atoms with Crippen molar-refractivity contribution in [2.24, 2.45) is 0 Å². The molecule has 31 heavy (non-hydrogen) atoms. The highest BCUT2D eigenvalue weighted by Crippen LogP contribution is 2.28. The van der Waals surface area contributed by atoms with Gasteiger partial charge in [-0.2, -0.15) is 0 Å². The zero-order chi connectivity index (χ0) is 22.2. The van der Waals surface area contributed by atoms with Crippen molar-refractivity contribution in [3.63, 3.8) is 0 Å². The van der Waals surface area contributed by atoms with Gasteiger partial charge >= 0.3 is 4.87 Å². The van der Waals surface area contributed by atoms with Crippen molar-refractivity contribution < 1.29 is 8.42 Å². The number of anilines is 1. The lowest BCUT2D eigenvalue weighted by Crippen LogP contribution is -2.15. The maximum atomic E-state index is 13.1. The molecule has 0 amide bonds. The van der Waals surface area contributed by atoms with Crippen LogP contribution in [0.15, 0.2) is 70.4 Å². The number of sulfonamides is 1. The summed E-state index contributed by atoms with van der Waals surface area (Å²) in [4.78, 5) is 12.6. The Morgan fingerprint density at radius 3 is 2.52 bits per heavy atom. The average Bonchev–Trinajstić information content (AvgIpc) is 3.05. The Kier molecular flexibility index (Phi) is 5.92. The zero-order valence-corrected chi connectivity index (χ0v) is 19.4. The lowest BCUT2D eigenvalue weighted by Gasteiger charge is -2.14. The molecular formula is C23H21ClN2O3S2. The highest BCUT2D eigenvalue weighted by atomic mass is 35.5. The average molecular weight is 473 g/mol. The number of benzene rings is 3. The molecule has 0 aliphatic heterocycles. The van der Waals surface area contributed by atoms with Crippen LogP contribution in [0, 0.1) is 6.92 Å². The molecule has 0 atom stereocenters. The smallest absolute Gasteiger partial charge is 0.294 e. The van der Waals surface area contributed by atoms with Crippen LogP contribution in [-0.4, -0.2) is 13.0 Å². The predicted octanol–water partition coefficient (Wildman–Crippen LogP) is 5.44. The monoisotopic (exact) mass is 472 g/mol. The Hall–Kier alpha value is -2.61. The number of thiazole rings is 1. The molecule has 4 rings (SSSR count). The Labute approximate surface area is 190 Å². The van der Waals surface area contributed by atoms with Crippen LogP contribution in [0.2, 0.25) is 5.02 Å². The van der Waals surface area contributed by atoms with E-state index in [1.54, 1.807) is 22.8 Å². The number of nitrogens with one attached hydrogen (secondary N) is 1. The predicted molar refractivity (Wildman–Crippen MR) is 128 cm³/mol. The molecule has 0 fully saturated rings. The van der Waals surface area contributed by atoms with Gasteiger partial charge in [0.1, 0.15) is 0 Å². The number of halogens is 1. The number of nitrogens with zero attached hydrogens (tertiary/aromatic N) is 1. The number of fused-ring (bicyclic) bond motifs is 1. The van der Waals surface area contributed by atoms with Gasteiger partial charge in [-0.3, -0.25) is 14.1 Å². The first-order valence-electron chi connectivity index (χ1n) is 9.78. The van der Waals surface area contributed by atoms with Gasteiger partial charge in [-0.05, 0) is 54.3 Å². The van der Waals surface area contributed by atoms with Crippen molar-refractivity contribution in [1.82, 2.24) is 4.57 Å². The standard InChI is InChI=1S/C23H21ClN2O3S2/c1-3-16-9-6-7-15(2)22(16)25-31(28,29)18-11-12-20-21(13-18)30-23(27)26(20)14-17-8-4-5-10-19(17)24/h4-13,25H,3,14H2,1-2H3. The molecule has 0 saturated carbocycles. The topological polar surface area (TPSA) is 68.2 Å². The van der Waals surface area contributed by atoms with Gasteiger partial charge in [0.05, 0.1) is 27.3 Å². The molecule has 5 nitrogen and oxygen atoms in total. The highest BCUT2D eigenvalue weighted by Gasteiger charge is 2.19. The maximum Gasteiger partial charge on any atom is 0.308 e. The zero-order valence-electron chi connectivity index (χ0n) is 17.1. The quantitative estimate of drug-likeness (QED) is 0.406. The second kappa shape index (κ2) is 8.49. The minimum absolute atomic E-state index is 0.122. The minimum atomic E-state index is -3.80. The maximum absolute atomic E-state index is 13.1. The molecule has 0 bridgehead atoms. The van der Waals surface area contributed by atoms with Crippen LogP contribution >= 0.6 is 22.9 Å². The summed E-state index contributed by atoms with van der Waals surface area (Å²) < 4.78 is 31.1. The van der Waals surface area contributed by atoms with Crippen LogP contribution in [-0.2, 0) is 23.0 Å². The van der Waals surface area contributed by atoms with E-state index >= 15 is 0 Å². The summed E-state index contributed by atoms with van der Waals surface area (Å²) >= 11 is 7.27. The molecule has 0 radical (unpaired) electrons. The summed E-state index contributed by atoms with van der Waals surface area (Å²) in [5, 5.41) is 0.585. The summed E-state index contributed by atoms with van der Waals surface area (Å²) in [6.45, 7) is 4.19. The molecule has 0 spiro atoms. The van der Waals surface area contributed by atoms with E-state index in [-0.39, 0.29) is 9.77 Å². The number of aromatic nitrogens is 1. The fourth-order valence-electron chi connectivity index (χ4n) is 3.52. The van der Waals surface area contributed by atoms with Gasteiger partial charge in [0.25, 0.3) is 10.0 Å². The van der Waals surface area contributed by atoms with Crippen LogP contribution in [0.3, 0.4) is 0 Å². The fraction of sp³-hybridized carbons (Fsp3) is 0.174. The number of rotatable bonds is 6. The molecule has 0 aliphatic carbocycles. The summed E-state index contributed by atoms with van der Waals surface area (Å²) in [6, 6.07) is 17.8. The van der Waals surface area contributed by atoms with E-state index in [0.29, 0.717) is 33.9 Å². The van der Waals surface area contributed by atoms with Crippen molar-refractivity contribution in [2.45, 2.75) is 31.7 Å². The molecule has 4 aromatic rings. The van der Waals surface area contributed by atoms with E-state index in [2.05, 4.69) is 4.72 Å². The second-order valence-electron chi connectivity index (χ2n) is 7.24. The summed E-state index contributed by atoms with van der Waals surface area (Å²) in [5.41, 5.74) is 3.91. The van der Waals surface area contributed by atoms with Gasteiger partial charge in [-0.15, -0.1) is 0 Å². The Morgan fingerprint density at radius 1 is 1.03 bits per heavy atom. The van der Waals surface area contributed by atoms with E-state index in [9.17, 15) is 13.2 Å². The number of hydrogen-bond donors (Lipinski definition) is 1. The van der Waals surface area contributed by atoms with Crippen molar-refractivity contribution in [3.05, 3.63) is 92.0 Å². The summed E-state index contributed by atoms with van der Waals surface area (Å²) in [5.74, 6) is 0. The first-order valence-corrected chi connectivity index (χ1v) is 12.5. The van der Waals surface area contributed by atoms with Crippen LogP contribution in [0.4, 0.5) is 5.69 Å². The molecule has 0 unspecified atom stereocenters. The fourth-order valence-corrected chi connectivity index (χ4v) is 5.92. The third-order valence-electron chi connectivity index (χ3n) is 5.21. The molecule has 1 heterocycles. The third-order valence-corrected chi connectivity index (χ3v) is 7.87. The number of aryl methyl sites for hydroxylation is 2. The van der Waals surface area contributed by atoms with Gasteiger partial charge in [-0.1, -0.05) is 66.3 Å². The van der Waals surface area contributed by atoms with Crippen molar-refractivity contribution >= 4 is 48.9 Å². The minimum Gasteiger partial charge on any atom is -0.294 e. The number of hydrogen-bond acceptors (Lipinski definition) is 4. The third kappa shape index (κ3) is 4.26. The van der Waals surface area contributed by atoms with Crippen molar-refractivity contribution in [1.29, 1.82) is 0 Å². The largest absolute Gasteiger partial charge is 0.308 e. The SMILES string of the molecule is CCc1cccc(C)c1NS(=O)(=O)c1ccc2c(c1)sc(=O)n2Cc1ccccc1Cl. The van der Waals surface area contributed by atoms with Gasteiger partial charge in [0.2, 0.25) is 0 Å². The van der Waals surface area contributed by atoms with Gasteiger partial charge in [-0.25, -0.2) is 8.42 Å². The number of para-hydroxylation sites is 1. The molecule has 8 heteroatoms. The van der Waals surface area contributed by atoms with E-state index in [4.69, 9.17) is 11.6 Å². The van der Waals surface area contributed by atoms with E-state index in [1.807, 2.05) is 50.2 Å². The van der Waals surface area contributed by atoms with Crippen molar-refractivity contribution in [3.8, 4) is 0 Å². The molecule has 1 aromatic heterocycles. The van der Waals surface area contributed by atoms with Crippen molar-refractivity contribution in [2.75, 3.05) is 4.72 Å². The normalized spacial score (nSPS) is 11.7. The van der Waals surface area contributed by atoms with E-state index in [0.717, 1.165) is 28.0 Å². The van der Waals surface area contributed by atoms with E-state index < -0.39 is 10.0 Å². The molecular weight excluding hydrogens is 452 g/mol. The molecule has 160 valence electrons. The molecule has 0 aliphatic rings. The lowest BCUT2D eigenvalue weighted by atomic mass is 10.1. The van der Waals surface area contributed by atoms with Crippen LogP contribution in [0.25, 0.3) is 10.2 Å². The van der Waals surface area contributed by atoms with Crippen LogP contribution in [0.1, 0.15) is 23.6 Å². The Bertz CT molecular complexity index is 1440. The molecule has 3 aromatic carbocycles. The first kappa shape index (κ1) is 21.6. The summed E-state index contributed by atoms with van der Waals surface area (Å²) in [7, 11) is -3.80. The highest BCUT2D eigenvalue weighted by molar-refractivity contribution is 7.92. The Balaban J connectivity index is 1.72. The molecule has 1 N–H and O–H groups in total. The summed E-state index contributed by atoms with van der Waals surface area (Å²) in [6.07, 6.45) is 0.713. The van der Waals surface area contributed by atoms with Crippen LogP contribution in [0.5, 0.6) is 0 Å². The van der Waals surface area contributed by atoms with Gasteiger partial charge in [0, 0.05) is 5.02 Å². The van der Waals surface area contributed by atoms with Gasteiger partial charge < -0.3 is 0 Å². The molecule has 0 saturated heterocycles. The lowest BCUT2D eigenvalue weighted by molar-refractivity contribution is 0.601. The Morgan fingerprint density at radius 2 is 1.77 bits per heavy atom. The van der Waals surface area contributed by atoms with E-state index in [1.165, 1.54) is 6.07 Å². The first-order chi connectivity index (χ1) is 14.8.